The standard InChI is InChI=1S/C22H28ClN3O5S/c1-5-19(22(28)24-2)25(14-16-10-12-17(31-3)13-11-16)21(27)15-26(32(4,29)30)20-9-7-6-8-18(20)23/h6-13,19H,5,14-15H2,1-4H3,(H,24,28)/t19-/m1/s1. The number of para-hydroxylation sites is 1. The average molecular weight is 482 g/mol. The summed E-state index contributed by atoms with van der Waals surface area (Å²) in [4.78, 5) is 27.3. The zero-order valence-corrected chi connectivity index (χ0v) is 20.1. The molecule has 0 heterocycles. The molecule has 2 aromatic rings. The zero-order valence-electron chi connectivity index (χ0n) is 18.5. The largest absolute Gasteiger partial charge is 0.497 e. The molecule has 1 atom stereocenters. The van der Waals surface area contributed by atoms with Gasteiger partial charge < -0.3 is 15.0 Å². The second-order valence-electron chi connectivity index (χ2n) is 7.13. The van der Waals surface area contributed by atoms with Crippen LogP contribution in [0.5, 0.6) is 5.75 Å². The first kappa shape index (κ1) is 25.5. The normalized spacial score (nSPS) is 12.0. The highest BCUT2D eigenvalue weighted by atomic mass is 35.5. The summed E-state index contributed by atoms with van der Waals surface area (Å²) in [5.74, 6) is -0.202. The fourth-order valence-corrected chi connectivity index (χ4v) is 4.41. The Morgan fingerprint density at radius 3 is 2.25 bits per heavy atom. The Hall–Kier alpha value is -2.78. The van der Waals surface area contributed by atoms with Crippen LogP contribution >= 0.6 is 11.6 Å². The molecule has 1 N–H and O–H groups in total. The van der Waals surface area contributed by atoms with Gasteiger partial charge in [0.2, 0.25) is 21.8 Å². The molecule has 0 saturated carbocycles. The van der Waals surface area contributed by atoms with Crippen LogP contribution in [0.1, 0.15) is 18.9 Å². The number of hydrogen-bond acceptors (Lipinski definition) is 5. The van der Waals surface area contributed by atoms with Gasteiger partial charge in [-0.2, -0.15) is 0 Å². The summed E-state index contributed by atoms with van der Waals surface area (Å²) >= 11 is 6.20. The predicted octanol–water partition coefficient (Wildman–Crippen LogP) is 2.67. The van der Waals surface area contributed by atoms with Gasteiger partial charge in [0, 0.05) is 13.6 Å². The maximum atomic E-state index is 13.4. The molecule has 174 valence electrons. The predicted molar refractivity (Wildman–Crippen MR) is 125 cm³/mol. The second-order valence-corrected chi connectivity index (χ2v) is 9.44. The van der Waals surface area contributed by atoms with Crippen LogP contribution in [0.2, 0.25) is 5.02 Å². The van der Waals surface area contributed by atoms with Crippen LogP contribution in [0.15, 0.2) is 48.5 Å². The maximum Gasteiger partial charge on any atom is 0.244 e. The van der Waals surface area contributed by atoms with Crippen molar-refractivity contribution in [3.05, 3.63) is 59.1 Å². The van der Waals surface area contributed by atoms with E-state index in [4.69, 9.17) is 16.3 Å². The van der Waals surface area contributed by atoms with Crippen LogP contribution in [0, 0.1) is 0 Å². The lowest BCUT2D eigenvalue weighted by atomic mass is 10.1. The van der Waals surface area contributed by atoms with E-state index in [0.29, 0.717) is 12.2 Å². The van der Waals surface area contributed by atoms with Crippen molar-refractivity contribution < 1.29 is 22.7 Å². The van der Waals surface area contributed by atoms with Gasteiger partial charge in [0.1, 0.15) is 18.3 Å². The third-order valence-corrected chi connectivity index (χ3v) is 6.39. The Bertz CT molecular complexity index is 1040. The number of nitrogens with one attached hydrogen (secondary N) is 1. The number of nitrogens with zero attached hydrogens (tertiary/aromatic N) is 2. The molecule has 0 aliphatic heterocycles. The first-order valence-corrected chi connectivity index (χ1v) is 12.2. The van der Waals surface area contributed by atoms with E-state index in [-0.39, 0.29) is 23.2 Å². The highest BCUT2D eigenvalue weighted by Crippen LogP contribution is 2.27. The first-order chi connectivity index (χ1) is 15.1. The van der Waals surface area contributed by atoms with E-state index >= 15 is 0 Å². The van der Waals surface area contributed by atoms with Crippen molar-refractivity contribution in [2.24, 2.45) is 0 Å². The summed E-state index contributed by atoms with van der Waals surface area (Å²) < 4.78 is 31.1. The second kappa shape index (κ2) is 11.2. The summed E-state index contributed by atoms with van der Waals surface area (Å²) in [6.45, 7) is 1.41. The van der Waals surface area contributed by atoms with E-state index in [1.807, 2.05) is 0 Å². The van der Waals surface area contributed by atoms with Gasteiger partial charge in [-0.3, -0.25) is 13.9 Å². The van der Waals surface area contributed by atoms with E-state index in [1.54, 1.807) is 56.5 Å². The highest BCUT2D eigenvalue weighted by molar-refractivity contribution is 7.92. The summed E-state index contributed by atoms with van der Waals surface area (Å²) in [6, 6.07) is 12.7. The molecular formula is C22H28ClN3O5S. The van der Waals surface area contributed by atoms with E-state index in [2.05, 4.69) is 5.32 Å². The molecule has 0 aliphatic carbocycles. The number of carbonyl (C=O) groups is 2. The molecule has 0 unspecified atom stereocenters. The Kier molecular flexibility index (Phi) is 8.91. The molecule has 2 amide bonds. The fourth-order valence-electron chi connectivity index (χ4n) is 3.26. The van der Waals surface area contributed by atoms with Gasteiger partial charge in [-0.25, -0.2) is 8.42 Å². The van der Waals surface area contributed by atoms with Crippen LogP contribution < -0.4 is 14.4 Å². The molecule has 0 saturated heterocycles. The third kappa shape index (κ3) is 6.37. The minimum absolute atomic E-state index is 0.120. The van der Waals surface area contributed by atoms with Crippen molar-refractivity contribution >= 4 is 39.1 Å². The lowest BCUT2D eigenvalue weighted by Gasteiger charge is -2.32. The number of halogens is 1. The number of carbonyl (C=O) groups excluding carboxylic acids is 2. The van der Waals surface area contributed by atoms with Crippen molar-refractivity contribution in [2.75, 3.05) is 31.3 Å². The van der Waals surface area contributed by atoms with Crippen molar-refractivity contribution in [1.82, 2.24) is 10.2 Å². The molecule has 2 aromatic carbocycles. The van der Waals surface area contributed by atoms with Crippen molar-refractivity contribution in [3.8, 4) is 5.75 Å². The first-order valence-electron chi connectivity index (χ1n) is 9.98. The monoisotopic (exact) mass is 481 g/mol. The van der Waals surface area contributed by atoms with E-state index in [0.717, 1.165) is 16.1 Å². The van der Waals surface area contributed by atoms with E-state index in [1.165, 1.54) is 18.0 Å². The zero-order chi connectivity index (χ0) is 23.9. The molecule has 10 heteroatoms. The lowest BCUT2D eigenvalue weighted by Crippen LogP contribution is -2.51. The molecule has 0 fully saturated rings. The van der Waals surface area contributed by atoms with Gasteiger partial charge in [0.05, 0.1) is 24.1 Å². The minimum Gasteiger partial charge on any atom is -0.497 e. The lowest BCUT2D eigenvalue weighted by molar-refractivity contribution is -0.140. The third-order valence-electron chi connectivity index (χ3n) is 4.94. The quantitative estimate of drug-likeness (QED) is 0.562. The summed E-state index contributed by atoms with van der Waals surface area (Å²) in [5, 5.41) is 2.77. The number of likely N-dealkylation sites (N-methyl/N-ethyl adjacent to an activating group) is 1. The fraction of sp³-hybridized carbons (Fsp3) is 0.364. The van der Waals surface area contributed by atoms with Crippen molar-refractivity contribution in [3.63, 3.8) is 0 Å². The van der Waals surface area contributed by atoms with Crippen LogP contribution in [-0.4, -0.2) is 58.1 Å². The summed E-state index contributed by atoms with van der Waals surface area (Å²) in [7, 11) is -0.778. The number of ether oxygens (including phenoxy) is 1. The molecule has 0 spiro atoms. The minimum atomic E-state index is -3.82. The van der Waals surface area contributed by atoms with Crippen molar-refractivity contribution in [2.45, 2.75) is 25.9 Å². The van der Waals surface area contributed by atoms with Crippen LogP contribution in [0.3, 0.4) is 0 Å². The topological polar surface area (TPSA) is 96.0 Å². The van der Waals surface area contributed by atoms with Gasteiger partial charge in [-0.05, 0) is 36.2 Å². The van der Waals surface area contributed by atoms with Gasteiger partial charge in [-0.15, -0.1) is 0 Å². The molecule has 0 aromatic heterocycles. The Labute approximate surface area is 194 Å². The van der Waals surface area contributed by atoms with E-state index < -0.39 is 28.5 Å². The molecule has 0 aliphatic rings. The van der Waals surface area contributed by atoms with Gasteiger partial charge in [-0.1, -0.05) is 42.8 Å². The number of anilines is 1. The molecular weight excluding hydrogens is 454 g/mol. The van der Waals surface area contributed by atoms with Gasteiger partial charge >= 0.3 is 0 Å². The number of amides is 2. The SMILES string of the molecule is CC[C@H](C(=O)NC)N(Cc1ccc(OC)cc1)C(=O)CN(c1ccccc1Cl)S(C)(=O)=O. The Morgan fingerprint density at radius 1 is 1.12 bits per heavy atom. The number of benzene rings is 2. The van der Waals surface area contributed by atoms with Crippen LogP contribution in [-0.2, 0) is 26.2 Å². The van der Waals surface area contributed by atoms with Crippen LogP contribution in [0.4, 0.5) is 5.69 Å². The number of rotatable bonds is 10. The summed E-state index contributed by atoms with van der Waals surface area (Å²) in [6.07, 6.45) is 1.36. The molecule has 0 bridgehead atoms. The molecule has 0 radical (unpaired) electrons. The van der Waals surface area contributed by atoms with Crippen molar-refractivity contribution in [1.29, 1.82) is 0 Å². The smallest absolute Gasteiger partial charge is 0.244 e. The highest BCUT2D eigenvalue weighted by Gasteiger charge is 2.31. The van der Waals surface area contributed by atoms with E-state index in [9.17, 15) is 18.0 Å². The van der Waals surface area contributed by atoms with Crippen LogP contribution in [0.25, 0.3) is 0 Å². The maximum absolute atomic E-state index is 13.4. The number of sulfonamides is 1. The Morgan fingerprint density at radius 2 is 1.75 bits per heavy atom. The molecule has 8 nitrogen and oxygen atoms in total. The summed E-state index contributed by atoms with van der Waals surface area (Å²) in [5.41, 5.74) is 0.965. The van der Waals surface area contributed by atoms with Gasteiger partial charge in [0.15, 0.2) is 0 Å². The molecule has 2 rings (SSSR count). The van der Waals surface area contributed by atoms with Gasteiger partial charge in [0.25, 0.3) is 0 Å². The molecule has 32 heavy (non-hydrogen) atoms. The Balaban J connectivity index is 2.42. The average Bonchev–Trinajstić information content (AvgIpc) is 2.77. The number of methoxy groups -OCH3 is 1. The number of hydrogen-bond donors (Lipinski definition) is 1.